The fourth-order valence-corrected chi connectivity index (χ4v) is 1.36. The van der Waals surface area contributed by atoms with Crippen LogP contribution in [0.15, 0.2) is 30.3 Å². The lowest BCUT2D eigenvalue weighted by Gasteiger charge is -2.13. The minimum absolute atomic E-state index is 0.163. The zero-order valence-electron chi connectivity index (χ0n) is 9.90. The summed E-state index contributed by atoms with van der Waals surface area (Å²) >= 11 is 0. The number of hydrogen-bond donors (Lipinski definition) is 1. The predicted molar refractivity (Wildman–Crippen MR) is 67.6 cm³/mol. The summed E-state index contributed by atoms with van der Waals surface area (Å²) in [4.78, 5) is 0. The van der Waals surface area contributed by atoms with Crippen LogP contribution in [0.1, 0.15) is 31.4 Å². The van der Waals surface area contributed by atoms with Gasteiger partial charge in [0.25, 0.3) is 0 Å². The van der Waals surface area contributed by atoms with Crippen LogP contribution in [0.25, 0.3) is 6.08 Å². The molecule has 0 aliphatic carbocycles. The molecule has 0 radical (unpaired) electrons. The highest BCUT2D eigenvalue weighted by Crippen LogP contribution is 2.10. The molecule has 0 saturated carbocycles. The number of benzene rings is 1. The van der Waals surface area contributed by atoms with E-state index in [1.54, 1.807) is 0 Å². The van der Waals surface area contributed by atoms with Gasteiger partial charge in [0.05, 0.1) is 0 Å². The molecule has 2 atom stereocenters. The normalized spacial score (nSPS) is 15.5. The highest BCUT2D eigenvalue weighted by molar-refractivity contribution is 5.50. The first-order valence-electron chi connectivity index (χ1n) is 5.64. The lowest BCUT2D eigenvalue weighted by Crippen LogP contribution is -2.24. The molecule has 0 aromatic heterocycles. The Hall–Kier alpha value is -1.08. The molecule has 0 aliphatic rings. The molecule has 15 heavy (non-hydrogen) atoms. The standard InChI is InChI=1S/C14H21N/c1-4-12(3)14(15)10-9-13-7-5-11(2)6-8-13/h5-10,12,14H,4,15H2,1-3H3/t12-,14+/m0/s1. The Kier molecular flexibility index (Phi) is 4.57. The Morgan fingerprint density at radius 1 is 1.27 bits per heavy atom. The highest BCUT2D eigenvalue weighted by Gasteiger charge is 2.05. The van der Waals surface area contributed by atoms with Crippen molar-refractivity contribution in [2.24, 2.45) is 11.7 Å². The summed E-state index contributed by atoms with van der Waals surface area (Å²) in [7, 11) is 0. The maximum absolute atomic E-state index is 6.02. The van der Waals surface area contributed by atoms with Crippen molar-refractivity contribution in [3.05, 3.63) is 41.5 Å². The van der Waals surface area contributed by atoms with Crippen LogP contribution in [-0.4, -0.2) is 6.04 Å². The predicted octanol–water partition coefficient (Wildman–Crippen LogP) is 3.38. The van der Waals surface area contributed by atoms with E-state index in [4.69, 9.17) is 5.73 Å². The van der Waals surface area contributed by atoms with E-state index in [0.29, 0.717) is 5.92 Å². The third-order valence-corrected chi connectivity index (χ3v) is 2.89. The number of hydrogen-bond acceptors (Lipinski definition) is 1. The molecule has 1 aromatic carbocycles. The van der Waals surface area contributed by atoms with Crippen LogP contribution < -0.4 is 5.73 Å². The van der Waals surface area contributed by atoms with E-state index in [0.717, 1.165) is 6.42 Å². The van der Waals surface area contributed by atoms with E-state index in [-0.39, 0.29) is 6.04 Å². The molecule has 82 valence electrons. The maximum Gasteiger partial charge on any atom is 0.0252 e. The minimum atomic E-state index is 0.163. The Morgan fingerprint density at radius 2 is 1.87 bits per heavy atom. The first-order chi connectivity index (χ1) is 7.13. The molecule has 0 heterocycles. The van der Waals surface area contributed by atoms with E-state index in [9.17, 15) is 0 Å². The van der Waals surface area contributed by atoms with Gasteiger partial charge in [-0.1, -0.05) is 62.2 Å². The zero-order valence-corrected chi connectivity index (χ0v) is 9.90. The molecule has 1 heteroatoms. The number of rotatable bonds is 4. The summed E-state index contributed by atoms with van der Waals surface area (Å²) in [6.45, 7) is 6.45. The zero-order chi connectivity index (χ0) is 11.3. The monoisotopic (exact) mass is 203 g/mol. The van der Waals surface area contributed by atoms with Crippen molar-refractivity contribution < 1.29 is 0 Å². The van der Waals surface area contributed by atoms with Gasteiger partial charge in [0.15, 0.2) is 0 Å². The second kappa shape index (κ2) is 5.72. The third kappa shape index (κ3) is 3.88. The summed E-state index contributed by atoms with van der Waals surface area (Å²) in [5.74, 6) is 0.548. The van der Waals surface area contributed by atoms with Gasteiger partial charge in [-0.05, 0) is 18.4 Å². The highest BCUT2D eigenvalue weighted by atomic mass is 14.6. The molecule has 0 fully saturated rings. The molecule has 0 aliphatic heterocycles. The molecular weight excluding hydrogens is 182 g/mol. The Morgan fingerprint density at radius 3 is 2.40 bits per heavy atom. The van der Waals surface area contributed by atoms with Gasteiger partial charge in [-0.2, -0.15) is 0 Å². The lowest BCUT2D eigenvalue weighted by atomic mass is 9.99. The average molecular weight is 203 g/mol. The van der Waals surface area contributed by atoms with E-state index in [2.05, 4.69) is 57.2 Å². The second-order valence-electron chi connectivity index (χ2n) is 4.23. The van der Waals surface area contributed by atoms with Crippen LogP contribution in [0.2, 0.25) is 0 Å². The van der Waals surface area contributed by atoms with Crippen LogP contribution in [0, 0.1) is 12.8 Å². The molecule has 1 rings (SSSR count). The lowest BCUT2D eigenvalue weighted by molar-refractivity contribution is 0.504. The van der Waals surface area contributed by atoms with Crippen LogP contribution in [-0.2, 0) is 0 Å². The van der Waals surface area contributed by atoms with Crippen molar-refractivity contribution in [2.75, 3.05) is 0 Å². The minimum Gasteiger partial charge on any atom is -0.324 e. The molecule has 1 nitrogen and oxygen atoms in total. The average Bonchev–Trinajstić information content (AvgIpc) is 2.26. The van der Waals surface area contributed by atoms with Crippen molar-refractivity contribution in [1.82, 2.24) is 0 Å². The third-order valence-electron chi connectivity index (χ3n) is 2.89. The molecule has 0 saturated heterocycles. The van der Waals surface area contributed by atoms with Crippen molar-refractivity contribution >= 4 is 6.08 Å². The van der Waals surface area contributed by atoms with Crippen LogP contribution in [0.3, 0.4) is 0 Å². The van der Waals surface area contributed by atoms with Crippen molar-refractivity contribution in [3.8, 4) is 0 Å². The Labute approximate surface area is 93.0 Å². The molecule has 0 unspecified atom stereocenters. The molecular formula is C14H21N. The fourth-order valence-electron chi connectivity index (χ4n) is 1.36. The van der Waals surface area contributed by atoms with Crippen LogP contribution in [0.5, 0.6) is 0 Å². The van der Waals surface area contributed by atoms with Gasteiger partial charge in [0.1, 0.15) is 0 Å². The van der Waals surface area contributed by atoms with Gasteiger partial charge in [-0.25, -0.2) is 0 Å². The molecule has 0 spiro atoms. The van der Waals surface area contributed by atoms with E-state index < -0.39 is 0 Å². The van der Waals surface area contributed by atoms with E-state index >= 15 is 0 Å². The maximum atomic E-state index is 6.02. The van der Waals surface area contributed by atoms with Gasteiger partial charge in [-0.15, -0.1) is 0 Å². The summed E-state index contributed by atoms with van der Waals surface area (Å²) in [5.41, 5.74) is 8.53. The van der Waals surface area contributed by atoms with Crippen LogP contribution in [0.4, 0.5) is 0 Å². The fraction of sp³-hybridized carbons (Fsp3) is 0.429. The molecule has 1 aromatic rings. The van der Waals surface area contributed by atoms with Gasteiger partial charge in [0.2, 0.25) is 0 Å². The summed E-state index contributed by atoms with van der Waals surface area (Å²) in [6.07, 6.45) is 5.33. The summed E-state index contributed by atoms with van der Waals surface area (Å²) in [6, 6.07) is 8.64. The van der Waals surface area contributed by atoms with E-state index in [1.807, 2.05) is 0 Å². The second-order valence-corrected chi connectivity index (χ2v) is 4.23. The summed E-state index contributed by atoms with van der Waals surface area (Å²) < 4.78 is 0. The van der Waals surface area contributed by atoms with Crippen molar-refractivity contribution in [3.63, 3.8) is 0 Å². The van der Waals surface area contributed by atoms with Gasteiger partial charge in [-0.3, -0.25) is 0 Å². The number of nitrogens with two attached hydrogens (primary N) is 1. The SMILES string of the molecule is CC[C@H](C)[C@H](N)C=Cc1ccc(C)cc1. The Bertz CT molecular complexity index is 311. The summed E-state index contributed by atoms with van der Waals surface area (Å²) in [5, 5.41) is 0. The van der Waals surface area contributed by atoms with Crippen molar-refractivity contribution in [1.29, 1.82) is 0 Å². The molecule has 0 bridgehead atoms. The smallest absolute Gasteiger partial charge is 0.0252 e. The topological polar surface area (TPSA) is 26.0 Å². The first-order valence-corrected chi connectivity index (χ1v) is 5.64. The van der Waals surface area contributed by atoms with E-state index in [1.165, 1.54) is 11.1 Å². The largest absolute Gasteiger partial charge is 0.324 e. The Balaban J connectivity index is 2.61. The number of aryl methyl sites for hydroxylation is 1. The van der Waals surface area contributed by atoms with Gasteiger partial charge >= 0.3 is 0 Å². The molecule has 2 N–H and O–H groups in total. The van der Waals surface area contributed by atoms with Crippen molar-refractivity contribution in [2.45, 2.75) is 33.2 Å². The van der Waals surface area contributed by atoms with Gasteiger partial charge < -0.3 is 5.73 Å². The van der Waals surface area contributed by atoms with Crippen LogP contribution >= 0.6 is 0 Å². The first kappa shape index (κ1) is 12.0. The quantitative estimate of drug-likeness (QED) is 0.797. The molecule has 0 amide bonds. The van der Waals surface area contributed by atoms with Gasteiger partial charge in [0, 0.05) is 6.04 Å².